The third-order valence-corrected chi connectivity index (χ3v) is 3.23. The van der Waals surface area contributed by atoms with Crippen molar-refractivity contribution in [3.8, 4) is 5.75 Å². The number of aryl methyl sites for hydroxylation is 2. The minimum absolute atomic E-state index is 0.0581. The summed E-state index contributed by atoms with van der Waals surface area (Å²) in [6.45, 7) is 10.6. The number of benzene rings is 1. The summed E-state index contributed by atoms with van der Waals surface area (Å²) in [6, 6.07) is 3.97. The smallest absolute Gasteiger partial charge is 0.119 e. The Labute approximate surface area is 86.8 Å². The second-order valence-electron chi connectivity index (χ2n) is 4.69. The molecule has 14 heavy (non-hydrogen) atoms. The van der Waals surface area contributed by atoms with Gasteiger partial charge in [-0.2, -0.15) is 0 Å². The van der Waals surface area contributed by atoms with Crippen LogP contribution in [0.2, 0.25) is 0 Å². The third-order valence-electron chi connectivity index (χ3n) is 3.23. The lowest BCUT2D eigenvalue weighted by Crippen LogP contribution is -2.16. The van der Waals surface area contributed by atoms with Crippen LogP contribution in [0.25, 0.3) is 0 Å². The van der Waals surface area contributed by atoms with E-state index in [2.05, 4.69) is 33.8 Å². The molecule has 0 aliphatic rings. The highest BCUT2D eigenvalue weighted by molar-refractivity contribution is 5.44. The quantitative estimate of drug-likeness (QED) is 0.757. The molecule has 0 radical (unpaired) electrons. The minimum atomic E-state index is 0.0581. The van der Waals surface area contributed by atoms with Gasteiger partial charge in [0.15, 0.2) is 0 Å². The molecule has 0 aromatic heterocycles. The van der Waals surface area contributed by atoms with Gasteiger partial charge in [-0.15, -0.1) is 0 Å². The maximum Gasteiger partial charge on any atom is 0.119 e. The van der Waals surface area contributed by atoms with Gasteiger partial charge in [0, 0.05) is 0 Å². The summed E-state index contributed by atoms with van der Waals surface area (Å²) < 4.78 is 0. The Morgan fingerprint density at radius 1 is 1.14 bits per heavy atom. The molecule has 0 saturated heterocycles. The molecule has 1 heteroatoms. The van der Waals surface area contributed by atoms with Crippen LogP contribution in [0.5, 0.6) is 5.75 Å². The number of hydrogen-bond acceptors (Lipinski definition) is 1. The topological polar surface area (TPSA) is 20.2 Å². The summed E-state index contributed by atoms with van der Waals surface area (Å²) in [5, 5.41) is 9.88. The Morgan fingerprint density at radius 2 is 1.64 bits per heavy atom. The lowest BCUT2D eigenvalue weighted by atomic mass is 9.80. The molecule has 0 aliphatic carbocycles. The highest BCUT2D eigenvalue weighted by Gasteiger charge is 2.22. The summed E-state index contributed by atoms with van der Waals surface area (Å²) in [5.41, 5.74) is 3.52. The SMILES string of the molecule is CCC(C)(C)c1cc(C)c(C)cc1O. The maximum atomic E-state index is 9.88. The summed E-state index contributed by atoms with van der Waals surface area (Å²) >= 11 is 0. The van der Waals surface area contributed by atoms with Gasteiger partial charge in [-0.05, 0) is 48.4 Å². The number of hydrogen-bond donors (Lipinski definition) is 1. The van der Waals surface area contributed by atoms with Crippen LogP contribution in [-0.4, -0.2) is 5.11 Å². The van der Waals surface area contributed by atoms with Crippen LogP contribution in [0.1, 0.15) is 43.9 Å². The first-order valence-corrected chi connectivity index (χ1v) is 5.19. The standard InChI is InChI=1S/C13H20O/c1-6-13(4,5)11-7-9(2)10(3)8-12(11)14/h7-8,14H,6H2,1-5H3. The average molecular weight is 192 g/mol. The predicted octanol–water partition coefficient (Wildman–Crippen LogP) is 3.70. The van der Waals surface area contributed by atoms with E-state index in [4.69, 9.17) is 0 Å². The second-order valence-corrected chi connectivity index (χ2v) is 4.69. The van der Waals surface area contributed by atoms with Crippen molar-refractivity contribution in [2.45, 2.75) is 46.5 Å². The largest absolute Gasteiger partial charge is 0.508 e. The van der Waals surface area contributed by atoms with Gasteiger partial charge in [0.2, 0.25) is 0 Å². The molecule has 0 aliphatic heterocycles. The van der Waals surface area contributed by atoms with Crippen molar-refractivity contribution in [1.29, 1.82) is 0 Å². The van der Waals surface area contributed by atoms with Gasteiger partial charge in [0.05, 0.1) is 0 Å². The summed E-state index contributed by atoms with van der Waals surface area (Å²) in [5.74, 6) is 0.431. The number of aromatic hydroxyl groups is 1. The zero-order valence-corrected chi connectivity index (χ0v) is 9.81. The lowest BCUT2D eigenvalue weighted by Gasteiger charge is -2.25. The fraction of sp³-hybridized carbons (Fsp3) is 0.538. The molecular formula is C13H20O. The minimum Gasteiger partial charge on any atom is -0.508 e. The van der Waals surface area contributed by atoms with Crippen molar-refractivity contribution in [1.82, 2.24) is 0 Å². The van der Waals surface area contributed by atoms with Gasteiger partial charge in [0.25, 0.3) is 0 Å². The van der Waals surface area contributed by atoms with E-state index in [9.17, 15) is 5.11 Å². The third kappa shape index (κ3) is 1.92. The van der Waals surface area contributed by atoms with Crippen molar-refractivity contribution in [3.63, 3.8) is 0 Å². The van der Waals surface area contributed by atoms with Crippen molar-refractivity contribution in [3.05, 3.63) is 28.8 Å². The molecular weight excluding hydrogens is 172 g/mol. The Kier molecular flexibility index (Phi) is 2.89. The van der Waals surface area contributed by atoms with Crippen LogP contribution in [0, 0.1) is 13.8 Å². The van der Waals surface area contributed by atoms with Crippen LogP contribution in [0.15, 0.2) is 12.1 Å². The van der Waals surface area contributed by atoms with E-state index in [1.54, 1.807) is 0 Å². The van der Waals surface area contributed by atoms with Crippen LogP contribution < -0.4 is 0 Å². The molecule has 0 heterocycles. The van der Waals surface area contributed by atoms with E-state index < -0.39 is 0 Å². The Balaban J connectivity index is 3.29. The Bertz CT molecular complexity index is 337. The van der Waals surface area contributed by atoms with Crippen molar-refractivity contribution < 1.29 is 5.11 Å². The lowest BCUT2D eigenvalue weighted by molar-refractivity contribution is 0.428. The highest BCUT2D eigenvalue weighted by Crippen LogP contribution is 2.35. The molecule has 0 bridgehead atoms. The molecule has 0 amide bonds. The fourth-order valence-electron chi connectivity index (χ4n) is 1.53. The van der Waals surface area contributed by atoms with Gasteiger partial charge in [0.1, 0.15) is 5.75 Å². The second kappa shape index (κ2) is 3.64. The molecule has 1 aromatic rings. The van der Waals surface area contributed by atoms with Gasteiger partial charge >= 0.3 is 0 Å². The van der Waals surface area contributed by atoms with Crippen molar-refractivity contribution >= 4 is 0 Å². The monoisotopic (exact) mass is 192 g/mol. The van der Waals surface area contributed by atoms with Crippen LogP contribution in [0.3, 0.4) is 0 Å². The molecule has 0 unspecified atom stereocenters. The van der Waals surface area contributed by atoms with Gasteiger partial charge in [-0.1, -0.05) is 26.8 Å². The van der Waals surface area contributed by atoms with Crippen LogP contribution >= 0.6 is 0 Å². The Hall–Kier alpha value is -0.980. The summed E-state index contributed by atoms with van der Waals surface area (Å²) in [7, 11) is 0. The van der Waals surface area contributed by atoms with E-state index in [0.29, 0.717) is 5.75 Å². The van der Waals surface area contributed by atoms with E-state index in [0.717, 1.165) is 17.5 Å². The normalized spacial score (nSPS) is 11.8. The van der Waals surface area contributed by atoms with E-state index in [1.807, 2.05) is 13.0 Å². The fourth-order valence-corrected chi connectivity index (χ4v) is 1.53. The van der Waals surface area contributed by atoms with E-state index in [1.165, 1.54) is 5.56 Å². The van der Waals surface area contributed by atoms with E-state index in [-0.39, 0.29) is 5.41 Å². The zero-order valence-electron chi connectivity index (χ0n) is 9.81. The molecule has 1 N–H and O–H groups in total. The molecule has 1 rings (SSSR count). The number of phenolic OH excluding ortho intramolecular Hbond substituents is 1. The van der Waals surface area contributed by atoms with Gasteiger partial charge < -0.3 is 5.11 Å². The molecule has 0 spiro atoms. The summed E-state index contributed by atoms with van der Waals surface area (Å²) in [4.78, 5) is 0. The van der Waals surface area contributed by atoms with Crippen LogP contribution in [-0.2, 0) is 5.41 Å². The summed E-state index contributed by atoms with van der Waals surface area (Å²) in [6.07, 6.45) is 1.03. The molecule has 1 nitrogen and oxygen atoms in total. The molecule has 0 fully saturated rings. The average Bonchev–Trinajstić information content (AvgIpc) is 2.11. The van der Waals surface area contributed by atoms with Crippen molar-refractivity contribution in [2.75, 3.05) is 0 Å². The molecule has 1 aromatic carbocycles. The predicted molar refractivity (Wildman–Crippen MR) is 60.9 cm³/mol. The van der Waals surface area contributed by atoms with Crippen LogP contribution in [0.4, 0.5) is 0 Å². The molecule has 0 saturated carbocycles. The highest BCUT2D eigenvalue weighted by atomic mass is 16.3. The first-order chi connectivity index (χ1) is 6.38. The van der Waals surface area contributed by atoms with Gasteiger partial charge in [-0.3, -0.25) is 0 Å². The molecule has 78 valence electrons. The first-order valence-electron chi connectivity index (χ1n) is 5.19. The number of rotatable bonds is 2. The number of phenols is 1. The van der Waals surface area contributed by atoms with Crippen molar-refractivity contribution in [2.24, 2.45) is 0 Å². The van der Waals surface area contributed by atoms with E-state index >= 15 is 0 Å². The first kappa shape index (κ1) is 11.1. The molecule has 0 atom stereocenters. The Morgan fingerprint density at radius 3 is 2.14 bits per heavy atom. The maximum absolute atomic E-state index is 9.88. The zero-order chi connectivity index (χ0) is 10.9. The van der Waals surface area contributed by atoms with Gasteiger partial charge in [-0.25, -0.2) is 0 Å².